The molecule has 0 radical (unpaired) electrons. The number of amides is 1. The Bertz CT molecular complexity index is 761. The Kier molecular flexibility index (Phi) is 4.78. The van der Waals surface area contributed by atoms with Crippen molar-refractivity contribution in [1.29, 1.82) is 0 Å². The monoisotopic (exact) mass is 325 g/mol. The van der Waals surface area contributed by atoms with Gasteiger partial charge in [-0.25, -0.2) is 4.79 Å². The van der Waals surface area contributed by atoms with Crippen LogP contribution in [0.5, 0.6) is 5.75 Å². The van der Waals surface area contributed by atoms with Gasteiger partial charge in [-0.2, -0.15) is 0 Å². The molecule has 2 N–H and O–H groups in total. The van der Waals surface area contributed by atoms with Gasteiger partial charge in [0.25, 0.3) is 0 Å². The molecule has 1 amide bonds. The van der Waals surface area contributed by atoms with Gasteiger partial charge in [0, 0.05) is 5.56 Å². The summed E-state index contributed by atoms with van der Waals surface area (Å²) in [5, 5.41) is 0. The average molecular weight is 325 g/mol. The summed E-state index contributed by atoms with van der Waals surface area (Å²) in [6, 6.07) is 10.7. The van der Waals surface area contributed by atoms with Crippen LogP contribution in [0.1, 0.15) is 58.2 Å². The van der Waals surface area contributed by atoms with E-state index in [4.69, 9.17) is 10.5 Å². The Hall–Kier alpha value is -2.62. The fourth-order valence-corrected chi connectivity index (χ4v) is 2.51. The van der Waals surface area contributed by atoms with Crippen molar-refractivity contribution in [2.75, 3.05) is 0 Å². The molecule has 0 bridgehead atoms. The zero-order valence-corrected chi connectivity index (χ0v) is 14.8. The predicted molar refractivity (Wildman–Crippen MR) is 94.5 cm³/mol. The number of ether oxygens (including phenoxy) is 1. The van der Waals surface area contributed by atoms with Crippen LogP contribution in [0.25, 0.3) is 0 Å². The SMILES string of the molecule is Cc1cc(C(N)=O)cc(C)c1OC(=O)c1ccc(C(C)(C)C)cc1. The van der Waals surface area contributed by atoms with Gasteiger partial charge in [0.15, 0.2) is 0 Å². The fraction of sp³-hybridized carbons (Fsp3) is 0.300. The second-order valence-electron chi connectivity index (χ2n) is 7.02. The molecule has 0 heterocycles. The molecule has 24 heavy (non-hydrogen) atoms. The van der Waals surface area contributed by atoms with Gasteiger partial charge in [-0.1, -0.05) is 32.9 Å². The van der Waals surface area contributed by atoms with Crippen molar-refractivity contribution in [2.45, 2.75) is 40.0 Å². The third-order valence-electron chi connectivity index (χ3n) is 3.93. The zero-order valence-electron chi connectivity index (χ0n) is 14.8. The van der Waals surface area contributed by atoms with Gasteiger partial charge in [-0.15, -0.1) is 0 Å². The topological polar surface area (TPSA) is 69.4 Å². The number of carbonyl (C=O) groups excluding carboxylic acids is 2. The zero-order chi connectivity index (χ0) is 18.1. The molecule has 0 aliphatic heterocycles. The van der Waals surface area contributed by atoms with Crippen LogP contribution in [0, 0.1) is 13.8 Å². The summed E-state index contributed by atoms with van der Waals surface area (Å²) in [5.74, 6) is -0.463. The van der Waals surface area contributed by atoms with Crippen molar-refractivity contribution < 1.29 is 14.3 Å². The molecule has 4 heteroatoms. The molecule has 0 saturated carbocycles. The van der Waals surface area contributed by atoms with Crippen LogP contribution < -0.4 is 10.5 Å². The van der Waals surface area contributed by atoms with Crippen molar-refractivity contribution in [3.05, 3.63) is 64.2 Å². The van der Waals surface area contributed by atoms with Gasteiger partial charge in [0.2, 0.25) is 5.91 Å². The van der Waals surface area contributed by atoms with Gasteiger partial charge in [0.05, 0.1) is 5.56 Å². The Labute approximate surface area is 142 Å². The molecular formula is C20H23NO3. The highest BCUT2D eigenvalue weighted by Crippen LogP contribution is 2.26. The average Bonchev–Trinajstić information content (AvgIpc) is 2.49. The number of aryl methyl sites for hydroxylation is 2. The van der Waals surface area contributed by atoms with Gasteiger partial charge in [-0.05, 0) is 60.2 Å². The molecule has 0 aromatic heterocycles. The summed E-state index contributed by atoms with van der Waals surface area (Å²) >= 11 is 0. The summed E-state index contributed by atoms with van der Waals surface area (Å²) in [5.41, 5.74) is 8.76. The van der Waals surface area contributed by atoms with Crippen molar-refractivity contribution in [2.24, 2.45) is 5.73 Å². The van der Waals surface area contributed by atoms with E-state index < -0.39 is 11.9 Å². The van der Waals surface area contributed by atoms with E-state index in [-0.39, 0.29) is 5.41 Å². The molecule has 2 aromatic carbocycles. The van der Waals surface area contributed by atoms with Gasteiger partial charge in [0.1, 0.15) is 5.75 Å². The van der Waals surface area contributed by atoms with Crippen LogP contribution in [-0.4, -0.2) is 11.9 Å². The third kappa shape index (κ3) is 3.82. The van der Waals surface area contributed by atoms with Gasteiger partial charge in [-0.3, -0.25) is 4.79 Å². The van der Waals surface area contributed by atoms with E-state index in [0.29, 0.717) is 28.0 Å². The summed E-state index contributed by atoms with van der Waals surface area (Å²) in [4.78, 5) is 23.7. The maximum absolute atomic E-state index is 12.4. The predicted octanol–water partition coefficient (Wildman–Crippen LogP) is 3.92. The summed E-state index contributed by atoms with van der Waals surface area (Å²) in [6.45, 7) is 9.92. The number of primary amides is 1. The minimum Gasteiger partial charge on any atom is -0.422 e. The minimum absolute atomic E-state index is 0.0280. The Balaban J connectivity index is 2.25. The molecule has 0 unspecified atom stereocenters. The lowest BCUT2D eigenvalue weighted by molar-refractivity contribution is 0.0732. The second-order valence-corrected chi connectivity index (χ2v) is 7.02. The third-order valence-corrected chi connectivity index (χ3v) is 3.93. The number of esters is 1. The first-order valence-corrected chi connectivity index (χ1v) is 7.83. The fourth-order valence-electron chi connectivity index (χ4n) is 2.51. The number of hydrogen-bond acceptors (Lipinski definition) is 3. The summed E-state index contributed by atoms with van der Waals surface area (Å²) < 4.78 is 5.53. The first-order chi connectivity index (χ1) is 11.1. The Morgan fingerprint density at radius 3 is 1.83 bits per heavy atom. The van der Waals surface area contributed by atoms with Gasteiger partial charge >= 0.3 is 5.97 Å². The lowest BCUT2D eigenvalue weighted by Gasteiger charge is -2.19. The number of rotatable bonds is 3. The van der Waals surface area contributed by atoms with E-state index in [1.165, 1.54) is 0 Å². The maximum atomic E-state index is 12.4. The number of benzene rings is 2. The van der Waals surface area contributed by atoms with Crippen LogP contribution >= 0.6 is 0 Å². The maximum Gasteiger partial charge on any atom is 0.343 e. The van der Waals surface area contributed by atoms with E-state index in [1.807, 2.05) is 12.1 Å². The van der Waals surface area contributed by atoms with E-state index in [1.54, 1.807) is 38.1 Å². The normalized spacial score (nSPS) is 11.2. The van der Waals surface area contributed by atoms with E-state index in [2.05, 4.69) is 20.8 Å². The Morgan fingerprint density at radius 2 is 1.42 bits per heavy atom. The lowest BCUT2D eigenvalue weighted by atomic mass is 9.87. The highest BCUT2D eigenvalue weighted by atomic mass is 16.5. The standard InChI is InChI=1S/C20H23NO3/c1-12-10-15(18(21)22)11-13(2)17(12)24-19(23)14-6-8-16(9-7-14)20(3,4)5/h6-11H,1-5H3,(H2,21,22). The van der Waals surface area contributed by atoms with Crippen molar-refractivity contribution in [3.8, 4) is 5.75 Å². The Morgan fingerprint density at radius 1 is 0.917 bits per heavy atom. The molecule has 126 valence electrons. The van der Waals surface area contributed by atoms with Crippen LogP contribution in [0.15, 0.2) is 36.4 Å². The van der Waals surface area contributed by atoms with E-state index in [9.17, 15) is 9.59 Å². The van der Waals surface area contributed by atoms with Crippen molar-refractivity contribution in [3.63, 3.8) is 0 Å². The largest absolute Gasteiger partial charge is 0.422 e. The van der Waals surface area contributed by atoms with E-state index >= 15 is 0 Å². The second kappa shape index (κ2) is 6.48. The smallest absolute Gasteiger partial charge is 0.343 e. The van der Waals surface area contributed by atoms with Crippen molar-refractivity contribution in [1.82, 2.24) is 0 Å². The lowest BCUT2D eigenvalue weighted by Crippen LogP contribution is -2.15. The molecule has 2 rings (SSSR count). The van der Waals surface area contributed by atoms with Crippen LogP contribution in [0.4, 0.5) is 0 Å². The van der Waals surface area contributed by atoms with Crippen LogP contribution in [0.2, 0.25) is 0 Å². The van der Waals surface area contributed by atoms with Crippen LogP contribution in [-0.2, 0) is 5.41 Å². The summed E-state index contributed by atoms with van der Waals surface area (Å²) in [7, 11) is 0. The molecule has 0 saturated heterocycles. The molecule has 0 aliphatic rings. The van der Waals surface area contributed by atoms with Crippen LogP contribution in [0.3, 0.4) is 0 Å². The number of nitrogens with two attached hydrogens (primary N) is 1. The molecular weight excluding hydrogens is 302 g/mol. The van der Waals surface area contributed by atoms with E-state index in [0.717, 1.165) is 5.56 Å². The molecule has 2 aromatic rings. The first-order valence-electron chi connectivity index (χ1n) is 7.83. The molecule has 0 atom stereocenters. The highest BCUT2D eigenvalue weighted by Gasteiger charge is 2.17. The summed E-state index contributed by atoms with van der Waals surface area (Å²) in [6.07, 6.45) is 0. The van der Waals surface area contributed by atoms with Crippen molar-refractivity contribution >= 4 is 11.9 Å². The number of carbonyl (C=O) groups is 2. The molecule has 0 fully saturated rings. The first kappa shape index (κ1) is 17.7. The highest BCUT2D eigenvalue weighted by molar-refractivity contribution is 5.94. The molecule has 0 spiro atoms. The number of hydrogen-bond donors (Lipinski definition) is 1. The molecule has 4 nitrogen and oxygen atoms in total. The molecule has 0 aliphatic carbocycles. The van der Waals surface area contributed by atoms with Gasteiger partial charge < -0.3 is 10.5 Å². The quantitative estimate of drug-likeness (QED) is 0.687. The minimum atomic E-state index is -0.503.